The zero-order chi connectivity index (χ0) is 14.5. The largest absolute Gasteiger partial charge is 0.465 e. The number of benzene rings is 2. The molecule has 104 valence electrons. The highest BCUT2D eigenvalue weighted by Crippen LogP contribution is 2.23. The Labute approximate surface area is 123 Å². The molecule has 1 N–H and O–H groups in total. The maximum atomic E-state index is 11.3. The van der Waals surface area contributed by atoms with Crippen molar-refractivity contribution in [2.45, 2.75) is 13.5 Å². The highest BCUT2D eigenvalue weighted by molar-refractivity contribution is 6.33. The number of anilines is 1. The zero-order valence-electron chi connectivity index (χ0n) is 11.4. The van der Waals surface area contributed by atoms with Gasteiger partial charge >= 0.3 is 5.97 Å². The Morgan fingerprint density at radius 2 is 1.90 bits per heavy atom. The summed E-state index contributed by atoms with van der Waals surface area (Å²) in [6, 6.07) is 13.2. The lowest BCUT2D eigenvalue weighted by Crippen LogP contribution is -2.03. The molecule has 0 heterocycles. The van der Waals surface area contributed by atoms with Crippen molar-refractivity contribution < 1.29 is 9.53 Å². The summed E-state index contributed by atoms with van der Waals surface area (Å²) >= 11 is 6.16. The number of esters is 1. The van der Waals surface area contributed by atoms with Gasteiger partial charge in [0.05, 0.1) is 23.4 Å². The number of aryl methyl sites for hydroxylation is 1. The first-order valence-electron chi connectivity index (χ1n) is 6.27. The number of hydrogen-bond acceptors (Lipinski definition) is 3. The van der Waals surface area contributed by atoms with Crippen LogP contribution in [0.1, 0.15) is 21.5 Å². The van der Waals surface area contributed by atoms with Gasteiger partial charge in [-0.05, 0) is 42.3 Å². The minimum absolute atomic E-state index is 0.328. The minimum Gasteiger partial charge on any atom is -0.465 e. The van der Waals surface area contributed by atoms with Crippen molar-refractivity contribution in [3.05, 3.63) is 64.2 Å². The molecule has 0 aliphatic rings. The summed E-state index contributed by atoms with van der Waals surface area (Å²) in [6.45, 7) is 2.64. The summed E-state index contributed by atoms with van der Waals surface area (Å²) in [4.78, 5) is 11.3. The Kier molecular flexibility index (Phi) is 4.64. The summed E-state index contributed by atoms with van der Waals surface area (Å²) < 4.78 is 4.66. The maximum Gasteiger partial charge on any atom is 0.337 e. The molecular formula is C16H16ClNO2. The average molecular weight is 290 g/mol. The van der Waals surface area contributed by atoms with Crippen molar-refractivity contribution >= 4 is 23.3 Å². The first-order valence-corrected chi connectivity index (χ1v) is 6.65. The molecule has 0 saturated heterocycles. The van der Waals surface area contributed by atoms with Crippen LogP contribution in [-0.2, 0) is 11.3 Å². The fourth-order valence-electron chi connectivity index (χ4n) is 1.84. The monoisotopic (exact) mass is 289 g/mol. The van der Waals surface area contributed by atoms with Gasteiger partial charge in [-0.25, -0.2) is 4.79 Å². The molecule has 0 unspecified atom stereocenters. The fraction of sp³-hybridized carbons (Fsp3) is 0.188. The summed E-state index contributed by atoms with van der Waals surface area (Å²) in [5.41, 5.74) is 3.64. The number of carbonyl (C=O) groups is 1. The highest BCUT2D eigenvalue weighted by atomic mass is 35.5. The van der Waals surface area contributed by atoms with Gasteiger partial charge in [0.15, 0.2) is 0 Å². The first kappa shape index (κ1) is 14.4. The molecule has 2 rings (SSSR count). The van der Waals surface area contributed by atoms with E-state index < -0.39 is 0 Å². The Bertz CT molecular complexity index is 608. The van der Waals surface area contributed by atoms with Crippen LogP contribution < -0.4 is 5.32 Å². The summed E-state index contributed by atoms with van der Waals surface area (Å²) in [7, 11) is 1.37. The Morgan fingerprint density at radius 1 is 1.20 bits per heavy atom. The van der Waals surface area contributed by atoms with E-state index in [1.807, 2.05) is 37.3 Å². The second-order valence-corrected chi connectivity index (χ2v) is 4.93. The van der Waals surface area contributed by atoms with Crippen LogP contribution in [0.15, 0.2) is 42.5 Å². The van der Waals surface area contributed by atoms with Gasteiger partial charge in [0.2, 0.25) is 0 Å². The second kappa shape index (κ2) is 6.44. The molecule has 0 fully saturated rings. The molecule has 3 nitrogen and oxygen atoms in total. The van der Waals surface area contributed by atoms with Crippen molar-refractivity contribution in [2.75, 3.05) is 12.4 Å². The third kappa shape index (κ3) is 3.52. The summed E-state index contributed by atoms with van der Waals surface area (Å²) in [5, 5.41) is 3.98. The van der Waals surface area contributed by atoms with Gasteiger partial charge in [0, 0.05) is 6.54 Å². The van der Waals surface area contributed by atoms with E-state index in [1.165, 1.54) is 7.11 Å². The normalized spacial score (nSPS) is 10.2. The molecule has 0 spiro atoms. The predicted octanol–water partition coefficient (Wildman–Crippen LogP) is 4.05. The molecule has 0 saturated carbocycles. The van der Waals surface area contributed by atoms with Gasteiger partial charge in [-0.3, -0.25) is 0 Å². The lowest BCUT2D eigenvalue weighted by molar-refractivity contribution is 0.0600. The van der Waals surface area contributed by atoms with Crippen molar-refractivity contribution in [2.24, 2.45) is 0 Å². The number of rotatable bonds is 4. The van der Waals surface area contributed by atoms with Crippen molar-refractivity contribution in [3.63, 3.8) is 0 Å². The molecule has 2 aromatic rings. The smallest absolute Gasteiger partial charge is 0.337 e. The van der Waals surface area contributed by atoms with Crippen LogP contribution >= 0.6 is 11.6 Å². The van der Waals surface area contributed by atoms with E-state index in [0.717, 1.165) is 16.8 Å². The van der Waals surface area contributed by atoms with Crippen LogP contribution in [-0.4, -0.2) is 13.1 Å². The van der Waals surface area contributed by atoms with E-state index in [1.54, 1.807) is 12.1 Å². The molecule has 0 amide bonds. The third-order valence-corrected chi connectivity index (χ3v) is 3.30. The van der Waals surface area contributed by atoms with Crippen LogP contribution in [0.3, 0.4) is 0 Å². The van der Waals surface area contributed by atoms with E-state index in [-0.39, 0.29) is 5.97 Å². The van der Waals surface area contributed by atoms with Gasteiger partial charge < -0.3 is 10.1 Å². The quantitative estimate of drug-likeness (QED) is 0.863. The van der Waals surface area contributed by atoms with Crippen molar-refractivity contribution in [3.8, 4) is 0 Å². The molecule has 0 radical (unpaired) electrons. The molecule has 0 aliphatic carbocycles. The lowest BCUT2D eigenvalue weighted by Gasteiger charge is -2.09. The van der Waals surface area contributed by atoms with Crippen LogP contribution in [0.2, 0.25) is 5.02 Å². The van der Waals surface area contributed by atoms with Gasteiger partial charge in [-0.1, -0.05) is 29.8 Å². The van der Waals surface area contributed by atoms with Gasteiger partial charge in [-0.15, -0.1) is 0 Å². The van der Waals surface area contributed by atoms with E-state index in [2.05, 4.69) is 10.1 Å². The molecule has 2 aromatic carbocycles. The second-order valence-electron chi connectivity index (χ2n) is 4.53. The lowest BCUT2D eigenvalue weighted by atomic mass is 10.1. The van der Waals surface area contributed by atoms with Crippen LogP contribution in [0.5, 0.6) is 0 Å². The van der Waals surface area contributed by atoms with E-state index in [9.17, 15) is 4.79 Å². The number of halogens is 1. The van der Waals surface area contributed by atoms with E-state index in [0.29, 0.717) is 17.1 Å². The third-order valence-electron chi connectivity index (χ3n) is 2.98. The van der Waals surface area contributed by atoms with Crippen LogP contribution in [0, 0.1) is 6.92 Å². The van der Waals surface area contributed by atoms with E-state index in [4.69, 9.17) is 11.6 Å². The molecule has 20 heavy (non-hydrogen) atoms. The molecule has 0 aliphatic heterocycles. The standard InChI is InChI=1S/C16H16ClNO2/c1-11-3-8-15(14(17)9-11)18-10-12-4-6-13(7-5-12)16(19)20-2/h3-9,18H,10H2,1-2H3. The molecule has 4 heteroatoms. The number of methoxy groups -OCH3 is 1. The van der Waals surface area contributed by atoms with Crippen molar-refractivity contribution in [1.82, 2.24) is 0 Å². The van der Waals surface area contributed by atoms with Crippen molar-refractivity contribution in [1.29, 1.82) is 0 Å². The topological polar surface area (TPSA) is 38.3 Å². The predicted molar refractivity (Wildman–Crippen MR) is 81.3 cm³/mol. The number of ether oxygens (including phenoxy) is 1. The zero-order valence-corrected chi connectivity index (χ0v) is 12.2. The number of nitrogens with one attached hydrogen (secondary N) is 1. The van der Waals surface area contributed by atoms with E-state index >= 15 is 0 Å². The van der Waals surface area contributed by atoms with Crippen LogP contribution in [0.4, 0.5) is 5.69 Å². The molecule has 0 atom stereocenters. The molecule has 0 bridgehead atoms. The highest BCUT2D eigenvalue weighted by Gasteiger charge is 2.05. The summed E-state index contributed by atoms with van der Waals surface area (Å²) in [6.07, 6.45) is 0. The number of carbonyl (C=O) groups excluding carboxylic acids is 1. The molecular weight excluding hydrogens is 274 g/mol. The average Bonchev–Trinajstić information content (AvgIpc) is 2.46. The molecule has 0 aromatic heterocycles. The first-order chi connectivity index (χ1) is 9.60. The minimum atomic E-state index is -0.328. The van der Waals surface area contributed by atoms with Gasteiger partial charge in [-0.2, -0.15) is 0 Å². The van der Waals surface area contributed by atoms with Gasteiger partial charge in [0.25, 0.3) is 0 Å². The Hall–Kier alpha value is -2.00. The van der Waals surface area contributed by atoms with Crippen LogP contribution in [0.25, 0.3) is 0 Å². The SMILES string of the molecule is COC(=O)c1ccc(CNc2ccc(C)cc2Cl)cc1. The fourth-order valence-corrected chi connectivity index (χ4v) is 2.14. The summed E-state index contributed by atoms with van der Waals surface area (Å²) in [5.74, 6) is -0.328. The van der Waals surface area contributed by atoms with Gasteiger partial charge in [0.1, 0.15) is 0 Å². The number of hydrogen-bond donors (Lipinski definition) is 1. The maximum absolute atomic E-state index is 11.3. The Balaban J connectivity index is 2.02. The Morgan fingerprint density at radius 3 is 2.50 bits per heavy atom.